The normalized spacial score (nSPS) is 11.4. The largest absolute Gasteiger partial charge is 0.381 e. The molecule has 0 N–H and O–H groups in total. The summed E-state index contributed by atoms with van der Waals surface area (Å²) in [4.78, 5) is 14.2. The molecule has 0 heterocycles. The van der Waals surface area contributed by atoms with Crippen LogP contribution in [0.1, 0.15) is 10.4 Å². The van der Waals surface area contributed by atoms with E-state index in [1.54, 1.807) is 37.5 Å². The first-order valence-corrected chi connectivity index (χ1v) is 7.62. The molecule has 0 saturated heterocycles. The molecule has 108 valence electrons. The number of benzene rings is 2. The third-order valence-electron chi connectivity index (χ3n) is 2.74. The summed E-state index contributed by atoms with van der Waals surface area (Å²) in [6, 6.07) is 16.7. The van der Waals surface area contributed by atoms with E-state index < -0.39 is 0 Å². The highest BCUT2D eigenvalue weighted by molar-refractivity contribution is 8.04. The lowest BCUT2D eigenvalue weighted by Gasteiger charge is -2.07. The number of methoxy groups -OCH3 is 1. The second kappa shape index (κ2) is 8.03. The van der Waals surface area contributed by atoms with E-state index in [0.29, 0.717) is 22.1 Å². The first-order valence-electron chi connectivity index (χ1n) is 6.43. The van der Waals surface area contributed by atoms with E-state index in [1.165, 1.54) is 11.8 Å². The Morgan fingerprint density at radius 3 is 2.43 bits per heavy atom. The van der Waals surface area contributed by atoms with Crippen LogP contribution < -0.4 is 0 Å². The van der Waals surface area contributed by atoms with Crippen molar-refractivity contribution in [2.45, 2.75) is 4.90 Å². The molecule has 0 saturated carbocycles. The van der Waals surface area contributed by atoms with Gasteiger partial charge in [-0.3, -0.25) is 4.79 Å². The predicted molar refractivity (Wildman–Crippen MR) is 88.0 cm³/mol. The Morgan fingerprint density at radius 2 is 1.81 bits per heavy atom. The molecule has 0 fully saturated rings. The molecular weight excluding hydrogens is 304 g/mol. The minimum absolute atomic E-state index is 0.0300. The quantitative estimate of drug-likeness (QED) is 0.433. The summed E-state index contributed by atoms with van der Waals surface area (Å²) in [5.74, 6) is -0.0300. The van der Waals surface area contributed by atoms with Crippen LogP contribution in [0.25, 0.3) is 0 Å². The first kappa shape index (κ1) is 15.8. The molecule has 0 aromatic heterocycles. The molecule has 0 spiro atoms. The fourth-order valence-electron chi connectivity index (χ4n) is 1.70. The highest BCUT2D eigenvalue weighted by atomic mass is 35.5. The van der Waals surface area contributed by atoms with E-state index in [-0.39, 0.29) is 5.78 Å². The van der Waals surface area contributed by atoms with Crippen molar-refractivity contribution in [3.8, 4) is 0 Å². The highest BCUT2D eigenvalue weighted by Gasteiger charge is 2.13. The molecule has 0 aliphatic rings. The molecule has 2 rings (SSSR count). The summed E-state index contributed by atoms with van der Waals surface area (Å²) in [5.41, 5.74) is 0.616. The van der Waals surface area contributed by atoms with Crippen molar-refractivity contribution in [2.75, 3.05) is 13.7 Å². The molecular formula is C17H15ClO2S. The lowest BCUT2D eigenvalue weighted by Crippen LogP contribution is -2.02. The Labute approximate surface area is 133 Å². The van der Waals surface area contributed by atoms with E-state index in [4.69, 9.17) is 16.3 Å². The minimum atomic E-state index is -0.0300. The zero-order chi connectivity index (χ0) is 15.1. The Balaban J connectivity index is 2.23. The van der Waals surface area contributed by atoms with Crippen molar-refractivity contribution in [3.05, 3.63) is 76.2 Å². The molecule has 0 bridgehead atoms. The summed E-state index contributed by atoms with van der Waals surface area (Å²) >= 11 is 7.29. The van der Waals surface area contributed by atoms with Crippen LogP contribution in [0.2, 0.25) is 5.02 Å². The Bertz CT molecular complexity index is 621. The van der Waals surface area contributed by atoms with Gasteiger partial charge in [0.25, 0.3) is 0 Å². The van der Waals surface area contributed by atoms with Gasteiger partial charge < -0.3 is 4.74 Å². The summed E-state index contributed by atoms with van der Waals surface area (Å²) in [6.45, 7) is 0.397. The van der Waals surface area contributed by atoms with Gasteiger partial charge in [0.2, 0.25) is 0 Å². The van der Waals surface area contributed by atoms with Crippen LogP contribution in [-0.4, -0.2) is 19.5 Å². The Morgan fingerprint density at radius 1 is 1.14 bits per heavy atom. The maximum absolute atomic E-state index is 12.6. The lowest BCUT2D eigenvalue weighted by atomic mass is 10.1. The first-order chi connectivity index (χ1) is 10.2. The molecule has 0 aliphatic carbocycles. The van der Waals surface area contributed by atoms with Crippen LogP contribution in [0.4, 0.5) is 0 Å². The highest BCUT2D eigenvalue weighted by Crippen LogP contribution is 2.29. The van der Waals surface area contributed by atoms with E-state index >= 15 is 0 Å². The van der Waals surface area contributed by atoms with Crippen LogP contribution in [0.5, 0.6) is 0 Å². The van der Waals surface area contributed by atoms with E-state index in [9.17, 15) is 4.79 Å². The smallest absolute Gasteiger partial charge is 0.199 e. The molecule has 0 radical (unpaired) electrons. The monoisotopic (exact) mass is 318 g/mol. The van der Waals surface area contributed by atoms with Gasteiger partial charge in [-0.25, -0.2) is 0 Å². The van der Waals surface area contributed by atoms with Gasteiger partial charge >= 0.3 is 0 Å². The number of carbonyl (C=O) groups excluding carboxylic acids is 1. The third kappa shape index (κ3) is 4.74. The Hall–Kier alpha value is -1.55. The minimum Gasteiger partial charge on any atom is -0.381 e. The van der Waals surface area contributed by atoms with Crippen LogP contribution in [-0.2, 0) is 4.74 Å². The zero-order valence-electron chi connectivity index (χ0n) is 11.6. The van der Waals surface area contributed by atoms with Crippen molar-refractivity contribution in [3.63, 3.8) is 0 Å². The molecule has 2 aromatic rings. The Kier molecular flexibility index (Phi) is 6.05. The summed E-state index contributed by atoms with van der Waals surface area (Å²) in [5, 5.41) is 0.615. The van der Waals surface area contributed by atoms with Crippen molar-refractivity contribution in [2.24, 2.45) is 0 Å². The topological polar surface area (TPSA) is 26.3 Å². The second-order valence-electron chi connectivity index (χ2n) is 4.27. The average molecular weight is 319 g/mol. The number of thioether (sulfide) groups is 1. The number of carbonyl (C=O) groups is 1. The van der Waals surface area contributed by atoms with Gasteiger partial charge in [-0.1, -0.05) is 41.6 Å². The molecule has 21 heavy (non-hydrogen) atoms. The molecule has 2 aromatic carbocycles. The van der Waals surface area contributed by atoms with Crippen LogP contribution in [0.15, 0.2) is 70.5 Å². The number of ketones is 1. The van der Waals surface area contributed by atoms with Crippen molar-refractivity contribution in [1.82, 2.24) is 0 Å². The van der Waals surface area contributed by atoms with Gasteiger partial charge in [-0.05, 0) is 42.5 Å². The number of hydrogen-bond donors (Lipinski definition) is 0. The van der Waals surface area contributed by atoms with Crippen molar-refractivity contribution in [1.29, 1.82) is 0 Å². The van der Waals surface area contributed by atoms with Crippen LogP contribution >= 0.6 is 23.4 Å². The summed E-state index contributed by atoms with van der Waals surface area (Å²) in [6.07, 6.45) is 1.80. The molecule has 0 aliphatic heterocycles. The van der Waals surface area contributed by atoms with E-state index in [2.05, 4.69) is 0 Å². The van der Waals surface area contributed by atoms with Gasteiger partial charge in [-0.2, -0.15) is 0 Å². The molecule has 0 amide bonds. The molecule has 4 heteroatoms. The number of rotatable bonds is 6. The molecule has 2 nitrogen and oxygen atoms in total. The number of allylic oxidation sites excluding steroid dienone is 1. The fourth-order valence-corrected chi connectivity index (χ4v) is 2.73. The summed E-state index contributed by atoms with van der Waals surface area (Å²) < 4.78 is 5.05. The number of Topliss-reactive ketones (excluding diaryl/α,β-unsaturated/α-hetero) is 1. The maximum Gasteiger partial charge on any atom is 0.199 e. The standard InChI is InChI=1S/C17H15ClO2S/c1-20-12-11-16(21-15-5-3-2-4-6-15)17(19)13-7-9-14(18)10-8-13/h2-11H,12H2,1H3/b16-11-. The SMILES string of the molecule is COC/C=C(\Sc1ccccc1)C(=O)c1ccc(Cl)cc1. The number of ether oxygens (including phenoxy) is 1. The van der Waals surface area contributed by atoms with Gasteiger partial charge in [0.15, 0.2) is 5.78 Å². The van der Waals surface area contributed by atoms with E-state index in [0.717, 1.165) is 4.90 Å². The van der Waals surface area contributed by atoms with Crippen molar-refractivity contribution >= 4 is 29.1 Å². The van der Waals surface area contributed by atoms with Gasteiger partial charge in [0, 0.05) is 22.6 Å². The fraction of sp³-hybridized carbons (Fsp3) is 0.118. The van der Waals surface area contributed by atoms with E-state index in [1.807, 2.05) is 30.3 Å². The lowest BCUT2D eigenvalue weighted by molar-refractivity contribution is 0.104. The second-order valence-corrected chi connectivity index (χ2v) is 5.83. The average Bonchev–Trinajstić information content (AvgIpc) is 2.52. The maximum atomic E-state index is 12.6. The number of halogens is 1. The van der Waals surface area contributed by atoms with Crippen LogP contribution in [0.3, 0.4) is 0 Å². The third-order valence-corrected chi connectivity index (χ3v) is 4.07. The number of hydrogen-bond acceptors (Lipinski definition) is 3. The van der Waals surface area contributed by atoms with Gasteiger partial charge in [0.05, 0.1) is 11.5 Å². The van der Waals surface area contributed by atoms with Crippen LogP contribution in [0, 0.1) is 0 Å². The van der Waals surface area contributed by atoms with Gasteiger partial charge in [-0.15, -0.1) is 0 Å². The van der Waals surface area contributed by atoms with Gasteiger partial charge in [0.1, 0.15) is 0 Å². The molecule has 0 unspecified atom stereocenters. The predicted octanol–water partition coefficient (Wildman–Crippen LogP) is 4.85. The summed E-state index contributed by atoms with van der Waals surface area (Å²) in [7, 11) is 1.61. The molecule has 0 atom stereocenters. The zero-order valence-corrected chi connectivity index (χ0v) is 13.2. The van der Waals surface area contributed by atoms with Crippen molar-refractivity contribution < 1.29 is 9.53 Å².